The quantitative estimate of drug-likeness (QED) is 0.474. The van der Waals surface area contributed by atoms with Crippen LogP contribution in [0, 0.1) is 30.3 Å². The Bertz CT molecular complexity index is 1180. The van der Waals surface area contributed by atoms with Gasteiger partial charge in [-0.25, -0.2) is 0 Å². The van der Waals surface area contributed by atoms with Gasteiger partial charge in [0.05, 0.1) is 26.9 Å². The van der Waals surface area contributed by atoms with E-state index in [0.29, 0.717) is 18.9 Å². The first-order chi connectivity index (χ1) is 14.7. The van der Waals surface area contributed by atoms with Crippen LogP contribution in [0.3, 0.4) is 0 Å². The van der Waals surface area contributed by atoms with Crippen molar-refractivity contribution < 1.29 is 29.4 Å². The third-order valence-corrected chi connectivity index (χ3v) is 4.33. The first-order valence-corrected chi connectivity index (χ1v) is 8.70. The van der Waals surface area contributed by atoms with Gasteiger partial charge in [-0.05, 0) is 30.0 Å². The molecule has 2 aromatic carbocycles. The van der Waals surface area contributed by atoms with E-state index >= 15 is 0 Å². The number of hydrogen-bond acceptors (Lipinski definition) is 10. The van der Waals surface area contributed by atoms with Crippen molar-refractivity contribution in [3.05, 3.63) is 72.6 Å². The highest BCUT2D eigenvalue weighted by atomic mass is 16.7. The van der Waals surface area contributed by atoms with Crippen molar-refractivity contribution in [3.63, 3.8) is 0 Å². The number of non-ortho nitro benzene ring substituents is 1. The van der Waals surface area contributed by atoms with Crippen LogP contribution in [-0.4, -0.2) is 31.7 Å². The molecule has 31 heavy (non-hydrogen) atoms. The van der Waals surface area contributed by atoms with E-state index in [9.17, 15) is 30.3 Å². The van der Waals surface area contributed by atoms with Crippen molar-refractivity contribution in [1.29, 1.82) is 0 Å². The Kier molecular flexibility index (Phi) is 5.76. The number of aromatic hydroxyl groups is 1. The van der Waals surface area contributed by atoms with Gasteiger partial charge in [0.15, 0.2) is 11.5 Å². The maximum atomic E-state index is 10.4. The van der Waals surface area contributed by atoms with E-state index in [1.54, 1.807) is 0 Å². The average Bonchev–Trinajstić information content (AvgIpc) is 3.19. The van der Waals surface area contributed by atoms with E-state index in [0.717, 1.165) is 34.4 Å². The molecule has 0 amide bonds. The monoisotopic (exact) mass is 430 g/mol. The lowest BCUT2D eigenvalue weighted by Crippen LogP contribution is -1.97. The summed E-state index contributed by atoms with van der Waals surface area (Å²) in [4.78, 5) is 32.1. The lowest BCUT2D eigenvalue weighted by Gasteiger charge is -2.04. The number of aromatic nitrogens is 1. The molecule has 3 aromatic rings. The molecule has 160 valence electrons. The van der Waals surface area contributed by atoms with Gasteiger partial charge in [0.1, 0.15) is 0 Å². The molecule has 0 unspecified atom stereocenters. The van der Waals surface area contributed by atoms with E-state index < -0.39 is 37.6 Å². The molecule has 1 aliphatic rings. The third-order valence-electron chi connectivity index (χ3n) is 4.33. The summed E-state index contributed by atoms with van der Waals surface area (Å²) in [6.07, 6.45) is 2.76. The second kappa shape index (κ2) is 8.44. The smallest absolute Gasteiger partial charge is 0.324 e. The number of rotatable bonds is 4. The average molecular weight is 430 g/mol. The highest BCUT2D eigenvalue weighted by Crippen LogP contribution is 2.39. The zero-order valence-electron chi connectivity index (χ0n) is 15.9. The molecule has 0 aliphatic carbocycles. The van der Waals surface area contributed by atoms with Crippen molar-refractivity contribution in [2.75, 3.05) is 6.79 Å². The fourth-order valence-corrected chi connectivity index (χ4v) is 2.88. The minimum absolute atomic E-state index is 0.320. The standard InChI is InChI=1S/C12H11NO2.C6H3N3O7/c1-2-10-9-6-12-11(14-7-15-12)5-8(9)3-4-13-10;10-6-4(8(13)14)1-3(7(11)12)2-5(6)9(15)16/h3-6H,2,7H2,1H3;1-2,10H. The van der Waals surface area contributed by atoms with Crippen LogP contribution in [0.4, 0.5) is 17.1 Å². The topological polar surface area (TPSA) is 181 Å². The molecule has 4 rings (SSSR count). The number of nitrogens with zero attached hydrogens (tertiary/aromatic N) is 4. The summed E-state index contributed by atoms with van der Waals surface area (Å²) in [5.74, 6) is 0.446. The van der Waals surface area contributed by atoms with E-state index in [-0.39, 0.29) is 0 Å². The summed E-state index contributed by atoms with van der Waals surface area (Å²) >= 11 is 0. The number of hydrogen-bond donors (Lipinski definition) is 1. The summed E-state index contributed by atoms with van der Waals surface area (Å²) in [5.41, 5.74) is -1.90. The molecule has 0 radical (unpaired) electrons. The Morgan fingerprint density at radius 1 is 0.968 bits per heavy atom. The molecule has 0 bridgehead atoms. The van der Waals surface area contributed by atoms with E-state index in [1.807, 2.05) is 24.4 Å². The summed E-state index contributed by atoms with van der Waals surface area (Å²) in [5, 5.41) is 42.5. The van der Waals surface area contributed by atoms with Crippen LogP contribution in [0.25, 0.3) is 10.8 Å². The molecule has 0 atom stereocenters. The van der Waals surface area contributed by atoms with Crippen LogP contribution in [0.2, 0.25) is 0 Å². The summed E-state index contributed by atoms with van der Waals surface area (Å²) in [6.45, 7) is 2.42. The lowest BCUT2D eigenvalue weighted by atomic mass is 10.1. The largest absolute Gasteiger partial charge is 0.497 e. The van der Waals surface area contributed by atoms with Gasteiger partial charge < -0.3 is 14.6 Å². The Morgan fingerprint density at radius 3 is 2.06 bits per heavy atom. The molecule has 0 saturated carbocycles. The van der Waals surface area contributed by atoms with Gasteiger partial charge in [-0.2, -0.15) is 0 Å². The second-order valence-electron chi connectivity index (χ2n) is 6.14. The first-order valence-electron chi connectivity index (χ1n) is 8.70. The van der Waals surface area contributed by atoms with Gasteiger partial charge in [-0.15, -0.1) is 0 Å². The Hall–Kier alpha value is -4.55. The summed E-state index contributed by atoms with van der Waals surface area (Å²) in [7, 11) is 0. The Morgan fingerprint density at radius 2 is 1.55 bits per heavy atom. The minimum Gasteiger partial charge on any atom is -0.497 e. The van der Waals surface area contributed by atoms with Crippen LogP contribution in [0.1, 0.15) is 12.6 Å². The molecule has 1 N–H and O–H groups in total. The van der Waals surface area contributed by atoms with Gasteiger partial charge in [0, 0.05) is 17.3 Å². The number of nitro benzene ring substituents is 3. The van der Waals surface area contributed by atoms with E-state index in [4.69, 9.17) is 14.6 Å². The van der Waals surface area contributed by atoms with Gasteiger partial charge in [-0.1, -0.05) is 6.92 Å². The molecule has 0 spiro atoms. The zero-order valence-corrected chi connectivity index (χ0v) is 15.9. The number of pyridine rings is 1. The van der Waals surface area contributed by atoms with Crippen LogP contribution in [-0.2, 0) is 6.42 Å². The van der Waals surface area contributed by atoms with E-state index in [2.05, 4.69) is 11.9 Å². The SMILES string of the molecule is CCc1nccc2cc3c(cc12)OCO3.O=[N+]([O-])c1cc([N+](=O)[O-])c(O)c([N+](=O)[O-])c1. The van der Waals surface area contributed by atoms with Gasteiger partial charge in [0.2, 0.25) is 6.79 Å². The number of fused-ring (bicyclic) bond motifs is 2. The highest BCUT2D eigenvalue weighted by Gasteiger charge is 2.30. The molecular formula is C18H14N4O9. The molecule has 13 heteroatoms. The maximum absolute atomic E-state index is 10.4. The van der Waals surface area contributed by atoms with Crippen molar-refractivity contribution in [1.82, 2.24) is 4.98 Å². The zero-order chi connectivity index (χ0) is 22.7. The lowest BCUT2D eigenvalue weighted by molar-refractivity contribution is -0.404. The Balaban J connectivity index is 0.000000176. The fourth-order valence-electron chi connectivity index (χ4n) is 2.88. The minimum atomic E-state index is -1.21. The molecule has 0 fully saturated rings. The number of phenols is 1. The van der Waals surface area contributed by atoms with Gasteiger partial charge in [0.25, 0.3) is 11.4 Å². The number of benzene rings is 2. The van der Waals surface area contributed by atoms with Crippen LogP contribution in [0.5, 0.6) is 17.2 Å². The molecule has 2 heterocycles. The molecule has 1 aliphatic heterocycles. The predicted molar refractivity (Wildman–Crippen MR) is 105 cm³/mol. The summed E-state index contributed by atoms with van der Waals surface area (Å²) in [6, 6.07) is 6.92. The number of phenolic OH excluding ortho intramolecular Hbond substituents is 1. The first kappa shape index (κ1) is 21.2. The number of ether oxygens (including phenoxy) is 2. The molecular weight excluding hydrogens is 416 g/mol. The summed E-state index contributed by atoms with van der Waals surface area (Å²) < 4.78 is 10.7. The maximum Gasteiger partial charge on any atom is 0.324 e. The Labute approximate surface area is 172 Å². The van der Waals surface area contributed by atoms with Crippen LogP contribution < -0.4 is 9.47 Å². The van der Waals surface area contributed by atoms with Crippen molar-refractivity contribution in [2.45, 2.75) is 13.3 Å². The number of nitro groups is 3. The molecule has 13 nitrogen and oxygen atoms in total. The molecule has 1 aromatic heterocycles. The van der Waals surface area contributed by atoms with Gasteiger partial charge >= 0.3 is 11.4 Å². The normalized spacial score (nSPS) is 11.5. The van der Waals surface area contributed by atoms with Crippen molar-refractivity contribution in [2.24, 2.45) is 0 Å². The molecule has 0 saturated heterocycles. The van der Waals surface area contributed by atoms with E-state index in [1.165, 1.54) is 0 Å². The van der Waals surface area contributed by atoms with Crippen molar-refractivity contribution >= 4 is 27.8 Å². The second-order valence-corrected chi connectivity index (χ2v) is 6.14. The highest BCUT2D eigenvalue weighted by molar-refractivity contribution is 5.88. The third kappa shape index (κ3) is 4.24. The predicted octanol–water partition coefficient (Wildman–Crippen LogP) is 3.64. The van der Waals surface area contributed by atoms with Gasteiger partial charge in [-0.3, -0.25) is 35.3 Å². The number of aryl methyl sites for hydroxylation is 1. The fraction of sp³-hybridized carbons (Fsp3) is 0.167. The van der Waals surface area contributed by atoms with Crippen molar-refractivity contribution in [3.8, 4) is 17.2 Å². The van der Waals surface area contributed by atoms with Crippen LogP contribution >= 0.6 is 0 Å². The van der Waals surface area contributed by atoms with Crippen LogP contribution in [0.15, 0.2) is 36.5 Å².